The van der Waals surface area contributed by atoms with E-state index in [0.717, 1.165) is 44.9 Å². The average molecular weight is 635 g/mol. The Morgan fingerprint density at radius 1 is 0.844 bits per heavy atom. The second kappa shape index (κ2) is 10.2. The zero-order valence-corrected chi connectivity index (χ0v) is 28.1. The van der Waals surface area contributed by atoms with Crippen molar-refractivity contribution in [3.63, 3.8) is 0 Å². The largest absolute Gasteiger partial charge is 0.396 e. The maximum atomic E-state index is 12.0. The van der Waals surface area contributed by atoms with Gasteiger partial charge in [-0.3, -0.25) is 0 Å². The van der Waals surface area contributed by atoms with Crippen molar-refractivity contribution in [3.05, 3.63) is 12.2 Å². The number of hydrogen-bond donors (Lipinski definition) is 6. The summed E-state index contributed by atoms with van der Waals surface area (Å²) in [7, 11) is 0. The summed E-state index contributed by atoms with van der Waals surface area (Å²) in [5.74, 6) is 0.576. The first kappa shape index (κ1) is 32.9. The molecule has 9 nitrogen and oxygen atoms in total. The molecule has 7 aliphatic rings. The Labute approximate surface area is 268 Å². The summed E-state index contributed by atoms with van der Waals surface area (Å²) < 4.78 is 18.9. The Kier molecular flexibility index (Phi) is 7.46. The Hall–Kier alpha value is -0.620. The van der Waals surface area contributed by atoms with E-state index >= 15 is 0 Å². The highest BCUT2D eigenvalue weighted by molar-refractivity contribution is 5.36. The predicted octanol–water partition coefficient (Wildman–Crippen LogP) is 2.93. The fraction of sp³-hybridized carbons (Fsp3) is 0.944. The molecule has 0 aromatic rings. The van der Waals surface area contributed by atoms with Crippen molar-refractivity contribution in [2.45, 2.75) is 141 Å². The molecule has 0 aromatic carbocycles. The number of allylic oxidation sites excluding steroid dienone is 1. The highest BCUT2D eigenvalue weighted by Crippen LogP contribution is 2.79. The number of fused-ring (bicyclic) bond motifs is 4. The standard InChI is InChI=1S/C36H58O9/c1-30(2)13-14-35-19-43-36(23(35)15-30)12-8-22-31(3)10-9-25(45-28-27(41)26(40)20(17-37)44-29(28)42)32(4,18-38)21(31)7-11-33(22,5)34(36,6)16-24(35)39/h8,12,20-29,37-42H,7,9-11,13-19H2,1-6H3/t20-,21-,22-,23-,24?,25?,26-,27+,28-,29?,31+,32+,33-,34+,35-,36+/m1/s1. The third-order valence-electron chi connectivity index (χ3n) is 15.9. The lowest BCUT2D eigenvalue weighted by Crippen LogP contribution is -2.72. The van der Waals surface area contributed by atoms with Gasteiger partial charge in [0, 0.05) is 22.2 Å². The van der Waals surface area contributed by atoms with E-state index in [2.05, 4.69) is 53.7 Å². The smallest absolute Gasteiger partial charge is 0.184 e. The topological polar surface area (TPSA) is 149 Å². The van der Waals surface area contributed by atoms with Gasteiger partial charge in [0.1, 0.15) is 24.4 Å². The van der Waals surface area contributed by atoms with Gasteiger partial charge in [-0.15, -0.1) is 0 Å². The molecule has 4 saturated carbocycles. The Balaban J connectivity index is 1.22. The van der Waals surface area contributed by atoms with E-state index in [-0.39, 0.29) is 51.4 Å². The van der Waals surface area contributed by atoms with Crippen molar-refractivity contribution in [2.24, 2.45) is 50.2 Å². The van der Waals surface area contributed by atoms with Gasteiger partial charge in [-0.2, -0.15) is 0 Å². The van der Waals surface area contributed by atoms with Crippen molar-refractivity contribution in [3.8, 4) is 0 Å². The van der Waals surface area contributed by atoms with Crippen LogP contribution in [-0.2, 0) is 14.2 Å². The highest BCUT2D eigenvalue weighted by atomic mass is 16.7. The van der Waals surface area contributed by atoms with Crippen LogP contribution in [0.3, 0.4) is 0 Å². The molecule has 2 saturated heterocycles. The fourth-order valence-electron chi connectivity index (χ4n) is 12.9. The Morgan fingerprint density at radius 2 is 1.58 bits per heavy atom. The van der Waals surface area contributed by atoms with Gasteiger partial charge >= 0.3 is 0 Å². The van der Waals surface area contributed by atoms with Gasteiger partial charge in [0.2, 0.25) is 0 Å². The lowest BCUT2D eigenvalue weighted by atomic mass is 9.32. The summed E-state index contributed by atoms with van der Waals surface area (Å²) in [4.78, 5) is 0. The number of ether oxygens (including phenoxy) is 3. The molecule has 16 atom stereocenters. The van der Waals surface area contributed by atoms with E-state index < -0.39 is 60.5 Å². The Bertz CT molecular complexity index is 1210. The molecule has 7 rings (SSSR count). The van der Waals surface area contributed by atoms with Crippen molar-refractivity contribution in [2.75, 3.05) is 19.8 Å². The van der Waals surface area contributed by atoms with Crippen molar-refractivity contribution in [1.82, 2.24) is 0 Å². The molecule has 1 spiro atoms. The number of aliphatic hydroxyl groups excluding tert-OH is 6. The fourth-order valence-corrected chi connectivity index (χ4v) is 12.9. The first-order valence-corrected chi connectivity index (χ1v) is 17.6. The molecule has 9 heteroatoms. The molecular weight excluding hydrogens is 576 g/mol. The normalized spacial score (nSPS) is 59.9. The number of aliphatic hydroxyl groups is 6. The number of hydrogen-bond acceptors (Lipinski definition) is 9. The SMILES string of the molecule is CC1(C)CC[C@]23CO[C@@]4(C=C[C@@H]5[C@@]6(C)CCC(O[C@H]7C(O)O[C@H](CO)[C@@H](O)[C@@H]7O)[C@@](C)(CO)[C@@H]6CC[C@@]5(C)[C@]4(C)CC2O)[C@@H]3C1. The third kappa shape index (κ3) is 3.99. The molecule has 5 aliphatic carbocycles. The lowest BCUT2D eigenvalue weighted by molar-refractivity contribution is -0.322. The van der Waals surface area contributed by atoms with Crippen molar-refractivity contribution >= 4 is 0 Å². The molecule has 0 amide bonds. The average Bonchev–Trinajstić information content (AvgIpc) is 3.26. The molecule has 2 aliphatic heterocycles. The van der Waals surface area contributed by atoms with Crippen LogP contribution in [0.25, 0.3) is 0 Å². The van der Waals surface area contributed by atoms with Gasteiger partial charge in [-0.05, 0) is 79.4 Å². The highest BCUT2D eigenvalue weighted by Gasteiger charge is 2.79. The van der Waals surface area contributed by atoms with Crippen LogP contribution in [0, 0.1) is 50.2 Å². The van der Waals surface area contributed by atoms with E-state index in [1.54, 1.807) is 0 Å². The van der Waals surface area contributed by atoms with E-state index in [1.165, 1.54) is 0 Å². The van der Waals surface area contributed by atoms with Gasteiger partial charge in [-0.1, -0.05) is 53.7 Å². The van der Waals surface area contributed by atoms with Crippen LogP contribution in [0.1, 0.15) is 92.9 Å². The molecule has 3 unspecified atom stereocenters. The zero-order chi connectivity index (χ0) is 32.6. The molecular formula is C36H58O9. The molecule has 45 heavy (non-hydrogen) atoms. The minimum Gasteiger partial charge on any atom is -0.396 e. The molecule has 2 heterocycles. The molecule has 256 valence electrons. The van der Waals surface area contributed by atoms with E-state index in [4.69, 9.17) is 14.2 Å². The van der Waals surface area contributed by atoms with Gasteiger partial charge in [-0.25, -0.2) is 0 Å². The van der Waals surface area contributed by atoms with Crippen LogP contribution in [-0.4, -0.2) is 99.0 Å². The molecule has 2 bridgehead atoms. The quantitative estimate of drug-likeness (QED) is 0.257. The van der Waals surface area contributed by atoms with Crippen LogP contribution in [0.15, 0.2) is 12.2 Å². The molecule has 0 radical (unpaired) electrons. The minimum absolute atomic E-state index is 0.0914. The molecule has 6 N–H and O–H groups in total. The number of rotatable bonds is 4. The summed E-state index contributed by atoms with van der Waals surface area (Å²) in [5, 5.41) is 64.7. The summed E-state index contributed by atoms with van der Waals surface area (Å²) in [6.45, 7) is 14.0. The van der Waals surface area contributed by atoms with Gasteiger partial charge < -0.3 is 44.8 Å². The van der Waals surface area contributed by atoms with E-state index in [9.17, 15) is 30.6 Å². The molecule has 0 aromatic heterocycles. The summed E-state index contributed by atoms with van der Waals surface area (Å²) >= 11 is 0. The maximum Gasteiger partial charge on any atom is 0.184 e. The van der Waals surface area contributed by atoms with Gasteiger partial charge in [0.15, 0.2) is 6.29 Å². The second-order valence-corrected chi connectivity index (χ2v) is 18.2. The van der Waals surface area contributed by atoms with Crippen LogP contribution in [0.2, 0.25) is 0 Å². The Morgan fingerprint density at radius 3 is 2.27 bits per heavy atom. The maximum absolute atomic E-state index is 12.0. The van der Waals surface area contributed by atoms with Crippen LogP contribution < -0.4 is 0 Å². The van der Waals surface area contributed by atoms with Crippen molar-refractivity contribution < 1.29 is 44.8 Å². The third-order valence-corrected chi connectivity index (χ3v) is 15.9. The van der Waals surface area contributed by atoms with Crippen LogP contribution >= 0.6 is 0 Å². The lowest BCUT2D eigenvalue weighted by Gasteiger charge is -2.73. The van der Waals surface area contributed by atoms with E-state index in [0.29, 0.717) is 13.0 Å². The van der Waals surface area contributed by atoms with Gasteiger partial charge in [0.05, 0.1) is 37.6 Å². The minimum atomic E-state index is -1.51. The van der Waals surface area contributed by atoms with Crippen LogP contribution in [0.5, 0.6) is 0 Å². The summed E-state index contributed by atoms with van der Waals surface area (Å²) in [5.41, 5.74) is -1.60. The second-order valence-electron chi connectivity index (χ2n) is 18.2. The van der Waals surface area contributed by atoms with E-state index in [1.807, 2.05) is 0 Å². The summed E-state index contributed by atoms with van der Waals surface area (Å²) in [6.07, 6.45) is 4.55. The first-order chi connectivity index (χ1) is 21.0. The first-order valence-electron chi connectivity index (χ1n) is 17.6. The predicted molar refractivity (Wildman–Crippen MR) is 166 cm³/mol. The molecule has 6 fully saturated rings. The monoisotopic (exact) mass is 634 g/mol. The van der Waals surface area contributed by atoms with Crippen LogP contribution in [0.4, 0.5) is 0 Å². The zero-order valence-electron chi connectivity index (χ0n) is 28.1. The van der Waals surface area contributed by atoms with Crippen molar-refractivity contribution in [1.29, 1.82) is 0 Å². The van der Waals surface area contributed by atoms with Gasteiger partial charge in [0.25, 0.3) is 0 Å². The summed E-state index contributed by atoms with van der Waals surface area (Å²) in [6, 6.07) is 0.